The van der Waals surface area contributed by atoms with Gasteiger partial charge in [-0.1, -0.05) is 13.8 Å². The normalized spacial score (nSPS) is 25.2. The standard InChI is InChI=1S/C17H33N3O2/c1-13(2)16(18-15-6-9-22-10-7-15)17(21)20-8-5-14(12-20)11-19(3)4/h13-16,18H,5-12H2,1-4H3/t14-,16+/m0/s1. The number of rotatable bonds is 6. The van der Waals surface area contributed by atoms with Gasteiger partial charge in [-0.15, -0.1) is 0 Å². The number of ether oxygens (including phenoxy) is 1. The lowest BCUT2D eigenvalue weighted by Gasteiger charge is -2.32. The van der Waals surface area contributed by atoms with Gasteiger partial charge in [0.1, 0.15) is 0 Å². The van der Waals surface area contributed by atoms with Gasteiger partial charge in [-0.05, 0) is 45.2 Å². The van der Waals surface area contributed by atoms with Gasteiger partial charge >= 0.3 is 0 Å². The molecule has 0 radical (unpaired) electrons. The predicted molar refractivity (Wildman–Crippen MR) is 88.8 cm³/mol. The highest BCUT2D eigenvalue weighted by atomic mass is 16.5. The fraction of sp³-hybridized carbons (Fsp3) is 0.941. The third-order valence-corrected chi connectivity index (χ3v) is 4.79. The number of carbonyl (C=O) groups excluding carboxylic acids is 1. The van der Waals surface area contributed by atoms with E-state index in [2.05, 4.69) is 43.1 Å². The molecule has 2 atom stereocenters. The van der Waals surface area contributed by atoms with E-state index < -0.39 is 0 Å². The Balaban J connectivity index is 1.89. The number of hydrogen-bond acceptors (Lipinski definition) is 4. The molecule has 0 unspecified atom stereocenters. The van der Waals surface area contributed by atoms with Crippen molar-refractivity contribution in [3.8, 4) is 0 Å². The molecule has 0 aromatic carbocycles. The van der Waals surface area contributed by atoms with Crippen molar-refractivity contribution >= 4 is 5.91 Å². The number of hydrogen-bond donors (Lipinski definition) is 1. The van der Waals surface area contributed by atoms with Crippen LogP contribution < -0.4 is 5.32 Å². The molecule has 0 spiro atoms. The number of carbonyl (C=O) groups is 1. The Morgan fingerprint density at radius 3 is 2.55 bits per heavy atom. The Labute approximate surface area is 135 Å². The lowest BCUT2D eigenvalue weighted by Crippen LogP contribution is -2.53. The number of nitrogens with one attached hydrogen (secondary N) is 1. The Morgan fingerprint density at radius 2 is 1.95 bits per heavy atom. The van der Waals surface area contributed by atoms with Crippen LogP contribution in [0.5, 0.6) is 0 Å². The molecule has 5 nitrogen and oxygen atoms in total. The molecular weight excluding hydrogens is 278 g/mol. The first-order chi connectivity index (χ1) is 10.5. The number of likely N-dealkylation sites (tertiary alicyclic amines) is 1. The van der Waals surface area contributed by atoms with Gasteiger partial charge in [-0.2, -0.15) is 0 Å². The van der Waals surface area contributed by atoms with E-state index in [-0.39, 0.29) is 6.04 Å². The Bertz CT molecular complexity index is 354. The van der Waals surface area contributed by atoms with E-state index >= 15 is 0 Å². The van der Waals surface area contributed by atoms with Crippen LogP contribution in [0.4, 0.5) is 0 Å². The van der Waals surface area contributed by atoms with Gasteiger partial charge in [-0.25, -0.2) is 0 Å². The van der Waals surface area contributed by atoms with Crippen LogP contribution in [-0.4, -0.2) is 74.7 Å². The monoisotopic (exact) mass is 311 g/mol. The Morgan fingerprint density at radius 1 is 1.27 bits per heavy atom. The van der Waals surface area contributed by atoms with Gasteiger partial charge in [0.15, 0.2) is 0 Å². The number of amides is 1. The lowest BCUT2D eigenvalue weighted by atomic mass is 9.99. The van der Waals surface area contributed by atoms with Crippen LogP contribution in [0.3, 0.4) is 0 Å². The highest BCUT2D eigenvalue weighted by molar-refractivity contribution is 5.82. The van der Waals surface area contributed by atoms with E-state index in [4.69, 9.17) is 4.74 Å². The van der Waals surface area contributed by atoms with Crippen molar-refractivity contribution in [3.05, 3.63) is 0 Å². The van der Waals surface area contributed by atoms with Crippen molar-refractivity contribution < 1.29 is 9.53 Å². The second-order valence-electron chi connectivity index (χ2n) is 7.48. The van der Waals surface area contributed by atoms with Crippen molar-refractivity contribution in [2.45, 2.75) is 45.2 Å². The molecule has 22 heavy (non-hydrogen) atoms. The first-order valence-electron chi connectivity index (χ1n) is 8.74. The SMILES string of the molecule is CC(C)[C@@H](NC1CCOCC1)C(=O)N1CC[C@@H](CN(C)C)C1. The summed E-state index contributed by atoms with van der Waals surface area (Å²) < 4.78 is 5.41. The van der Waals surface area contributed by atoms with E-state index in [1.54, 1.807) is 0 Å². The summed E-state index contributed by atoms with van der Waals surface area (Å²) in [4.78, 5) is 17.2. The minimum atomic E-state index is -0.0544. The maximum absolute atomic E-state index is 12.9. The summed E-state index contributed by atoms with van der Waals surface area (Å²) in [7, 11) is 4.21. The fourth-order valence-electron chi connectivity index (χ4n) is 3.56. The van der Waals surface area contributed by atoms with E-state index in [0.29, 0.717) is 23.8 Å². The van der Waals surface area contributed by atoms with Crippen LogP contribution in [0.25, 0.3) is 0 Å². The molecule has 2 saturated heterocycles. The van der Waals surface area contributed by atoms with Crippen molar-refractivity contribution in [3.63, 3.8) is 0 Å². The molecule has 0 aliphatic carbocycles. The summed E-state index contributed by atoms with van der Waals surface area (Å²) >= 11 is 0. The zero-order valence-corrected chi connectivity index (χ0v) is 14.7. The molecule has 5 heteroatoms. The minimum absolute atomic E-state index is 0.0544. The average molecular weight is 311 g/mol. The zero-order chi connectivity index (χ0) is 16.1. The highest BCUT2D eigenvalue weighted by Crippen LogP contribution is 2.20. The largest absolute Gasteiger partial charge is 0.381 e. The lowest BCUT2D eigenvalue weighted by molar-refractivity contribution is -0.134. The molecule has 128 valence electrons. The molecule has 2 rings (SSSR count). The van der Waals surface area contributed by atoms with Gasteiger partial charge in [0.2, 0.25) is 5.91 Å². The molecule has 0 aromatic heterocycles. The molecular formula is C17H33N3O2. The third-order valence-electron chi connectivity index (χ3n) is 4.79. The van der Waals surface area contributed by atoms with Crippen LogP contribution in [0.2, 0.25) is 0 Å². The third kappa shape index (κ3) is 4.93. The van der Waals surface area contributed by atoms with E-state index in [0.717, 1.165) is 52.1 Å². The molecule has 0 saturated carbocycles. The maximum Gasteiger partial charge on any atom is 0.239 e. The van der Waals surface area contributed by atoms with Gasteiger partial charge in [0.05, 0.1) is 6.04 Å². The zero-order valence-electron chi connectivity index (χ0n) is 14.7. The quantitative estimate of drug-likeness (QED) is 0.800. The van der Waals surface area contributed by atoms with E-state index in [1.807, 2.05) is 0 Å². The first-order valence-corrected chi connectivity index (χ1v) is 8.74. The van der Waals surface area contributed by atoms with Crippen LogP contribution in [-0.2, 0) is 9.53 Å². The first kappa shape index (κ1) is 17.7. The Hall–Kier alpha value is -0.650. The second kappa shape index (κ2) is 8.27. The molecule has 1 N–H and O–H groups in total. The van der Waals surface area contributed by atoms with Gasteiger partial charge in [0.25, 0.3) is 0 Å². The van der Waals surface area contributed by atoms with Crippen LogP contribution in [0, 0.1) is 11.8 Å². The van der Waals surface area contributed by atoms with Crippen LogP contribution >= 0.6 is 0 Å². The van der Waals surface area contributed by atoms with Crippen molar-refractivity contribution in [1.82, 2.24) is 15.1 Å². The summed E-state index contributed by atoms with van der Waals surface area (Å²) in [5.41, 5.74) is 0. The molecule has 1 amide bonds. The molecule has 2 aliphatic rings. The highest BCUT2D eigenvalue weighted by Gasteiger charge is 2.33. The summed E-state index contributed by atoms with van der Waals surface area (Å²) in [6.07, 6.45) is 3.16. The van der Waals surface area contributed by atoms with E-state index in [1.165, 1.54) is 0 Å². The summed E-state index contributed by atoms with van der Waals surface area (Å²) in [5, 5.41) is 3.61. The Kier molecular flexibility index (Phi) is 6.66. The smallest absolute Gasteiger partial charge is 0.239 e. The van der Waals surface area contributed by atoms with Gasteiger partial charge in [0, 0.05) is 38.9 Å². The van der Waals surface area contributed by atoms with Crippen LogP contribution in [0.1, 0.15) is 33.1 Å². The molecule has 0 bridgehead atoms. The van der Waals surface area contributed by atoms with Crippen molar-refractivity contribution in [1.29, 1.82) is 0 Å². The fourth-order valence-corrected chi connectivity index (χ4v) is 3.56. The van der Waals surface area contributed by atoms with Gasteiger partial charge in [-0.3, -0.25) is 4.79 Å². The van der Waals surface area contributed by atoms with E-state index in [9.17, 15) is 4.79 Å². The van der Waals surface area contributed by atoms with Crippen LogP contribution in [0.15, 0.2) is 0 Å². The number of nitrogens with zero attached hydrogens (tertiary/aromatic N) is 2. The van der Waals surface area contributed by atoms with Gasteiger partial charge < -0.3 is 19.9 Å². The second-order valence-corrected chi connectivity index (χ2v) is 7.48. The maximum atomic E-state index is 12.9. The van der Waals surface area contributed by atoms with Crippen molar-refractivity contribution in [2.75, 3.05) is 46.9 Å². The molecule has 2 heterocycles. The minimum Gasteiger partial charge on any atom is -0.381 e. The predicted octanol–water partition coefficient (Wildman–Crippen LogP) is 1.19. The summed E-state index contributed by atoms with van der Waals surface area (Å²) in [6.45, 7) is 8.80. The van der Waals surface area contributed by atoms with Crippen molar-refractivity contribution in [2.24, 2.45) is 11.8 Å². The average Bonchev–Trinajstić information content (AvgIpc) is 2.92. The molecule has 2 fully saturated rings. The summed E-state index contributed by atoms with van der Waals surface area (Å²) in [6, 6.07) is 0.367. The topological polar surface area (TPSA) is 44.8 Å². The molecule has 2 aliphatic heterocycles. The molecule has 0 aromatic rings. The summed E-state index contributed by atoms with van der Waals surface area (Å²) in [5.74, 6) is 1.24.